The molecular weight excluding hydrogens is 517 g/mol. The number of ketones is 1. The van der Waals surface area contributed by atoms with E-state index >= 15 is 0 Å². The summed E-state index contributed by atoms with van der Waals surface area (Å²) in [6.07, 6.45) is 1.41. The van der Waals surface area contributed by atoms with Crippen LogP contribution < -0.4 is 15.9 Å². The Hall–Kier alpha value is -4.73. The van der Waals surface area contributed by atoms with Gasteiger partial charge in [-0.05, 0) is 33.9 Å². The molecule has 0 bridgehead atoms. The predicted molar refractivity (Wildman–Crippen MR) is 161 cm³/mol. The fraction of sp³-hybridized carbons (Fsp3) is 0.0588. The Morgan fingerprint density at radius 1 is 0.700 bits per heavy atom. The maximum absolute atomic E-state index is 14.6. The first-order valence-corrected chi connectivity index (χ1v) is 14.7. The number of methoxy groups -OCH3 is 1. The monoisotopic (exact) mass is 543 g/mol. The number of likely N-dealkylation sites (N-methyl/N-ethyl adjacent to an activating group) is 1. The molecule has 0 spiro atoms. The molecule has 0 fully saturated rings. The van der Waals surface area contributed by atoms with Crippen molar-refractivity contribution in [2.45, 2.75) is 0 Å². The molecule has 6 rings (SSSR count). The average Bonchev–Trinajstić information content (AvgIpc) is 3.27. The lowest BCUT2D eigenvalue weighted by molar-refractivity contribution is -0.134. The summed E-state index contributed by atoms with van der Waals surface area (Å²) >= 11 is 0. The minimum atomic E-state index is -2.89. The number of hydrogen-bond donors (Lipinski definition) is 0. The Bertz CT molecular complexity index is 1680. The number of benzene rings is 4. The van der Waals surface area contributed by atoms with Crippen molar-refractivity contribution < 1.29 is 19.1 Å². The Morgan fingerprint density at radius 2 is 1.15 bits per heavy atom. The molecule has 196 valence electrons. The molecule has 4 aromatic rings. The zero-order valence-electron chi connectivity index (χ0n) is 22.1. The number of hydrogen-bond acceptors (Lipinski definition) is 4. The Morgan fingerprint density at radius 3 is 1.62 bits per heavy atom. The number of amides is 1. The van der Waals surface area contributed by atoms with Crippen molar-refractivity contribution in [1.82, 2.24) is 4.90 Å². The fourth-order valence-corrected chi connectivity index (χ4v) is 10.3. The quantitative estimate of drug-likeness (QED) is 0.218. The van der Waals surface area contributed by atoms with Crippen LogP contribution in [0.25, 0.3) is 5.57 Å². The van der Waals surface area contributed by atoms with E-state index in [1.165, 1.54) is 18.1 Å². The zero-order valence-corrected chi connectivity index (χ0v) is 23.0. The Balaban J connectivity index is 1.89. The van der Waals surface area contributed by atoms with Crippen molar-refractivity contribution in [3.63, 3.8) is 0 Å². The summed E-state index contributed by atoms with van der Waals surface area (Å²) in [4.78, 5) is 42.9. The second kappa shape index (κ2) is 10.1. The van der Waals surface area contributed by atoms with Gasteiger partial charge in [0.2, 0.25) is 5.78 Å². The molecule has 2 aliphatic rings. The third-order valence-corrected chi connectivity index (χ3v) is 11.8. The molecule has 1 amide bonds. The van der Waals surface area contributed by atoms with E-state index in [0.29, 0.717) is 27.6 Å². The third-order valence-electron chi connectivity index (χ3n) is 7.49. The van der Waals surface area contributed by atoms with Gasteiger partial charge in [-0.25, -0.2) is 4.79 Å². The normalized spacial score (nSPS) is 15.8. The molecule has 1 aliphatic carbocycles. The van der Waals surface area contributed by atoms with Gasteiger partial charge in [0.25, 0.3) is 5.91 Å². The highest BCUT2D eigenvalue weighted by molar-refractivity contribution is 7.97. The first kappa shape index (κ1) is 25.5. The smallest absolute Gasteiger partial charge is 0.331 e. The van der Waals surface area contributed by atoms with Gasteiger partial charge in [0, 0.05) is 24.3 Å². The first-order valence-electron chi connectivity index (χ1n) is 12.9. The highest BCUT2D eigenvalue weighted by Gasteiger charge is 2.47. The third kappa shape index (κ3) is 3.74. The molecule has 4 aromatic carbocycles. The van der Waals surface area contributed by atoms with Crippen LogP contribution in [-0.4, -0.2) is 42.0 Å². The summed E-state index contributed by atoms with van der Waals surface area (Å²) in [5.41, 5.74) is 2.33. The Kier molecular flexibility index (Phi) is 6.45. The fourth-order valence-electron chi connectivity index (χ4n) is 5.77. The molecule has 0 unspecified atom stereocenters. The second-order valence-electron chi connectivity index (χ2n) is 9.57. The van der Waals surface area contributed by atoms with Gasteiger partial charge in [0.1, 0.15) is 5.70 Å². The van der Waals surface area contributed by atoms with E-state index in [1.807, 2.05) is 66.7 Å². The van der Waals surface area contributed by atoms with Crippen molar-refractivity contribution in [2.24, 2.45) is 0 Å². The Labute approximate surface area is 233 Å². The van der Waals surface area contributed by atoms with Crippen molar-refractivity contribution in [1.29, 1.82) is 0 Å². The van der Waals surface area contributed by atoms with E-state index in [0.717, 1.165) is 15.9 Å². The SMILES string of the molecule is COC(=O)/C=C1\C2=C(C(=O)c3ccccc31)N(C)C(=O)C2=P(c1ccccc1)(c1ccccc1)c1ccccc1. The van der Waals surface area contributed by atoms with Crippen LogP contribution in [0.2, 0.25) is 0 Å². The maximum Gasteiger partial charge on any atom is 0.331 e. The molecule has 0 radical (unpaired) electrons. The van der Waals surface area contributed by atoms with E-state index in [1.54, 1.807) is 19.2 Å². The minimum Gasteiger partial charge on any atom is -0.466 e. The lowest BCUT2D eigenvalue weighted by atomic mass is 9.83. The van der Waals surface area contributed by atoms with E-state index < -0.39 is 12.9 Å². The molecular formula is C34H26NO4P. The number of ether oxygens (including phenoxy) is 1. The summed E-state index contributed by atoms with van der Waals surface area (Å²) in [5.74, 6) is -1.06. The van der Waals surface area contributed by atoms with Crippen LogP contribution in [0.4, 0.5) is 0 Å². The van der Waals surface area contributed by atoms with Gasteiger partial charge in [-0.2, -0.15) is 0 Å². The number of carbonyl (C=O) groups is 3. The molecule has 0 N–H and O–H groups in total. The number of carbonyl (C=O) groups excluding carboxylic acids is 3. The molecule has 1 heterocycles. The number of esters is 1. The summed E-state index contributed by atoms with van der Waals surface area (Å²) < 4.78 is 5.05. The van der Waals surface area contributed by atoms with Crippen molar-refractivity contribution in [3.05, 3.63) is 144 Å². The number of Topliss-reactive ketones (excluding diaryl/α,β-unsaturated/α-hetero) is 1. The van der Waals surface area contributed by atoms with Crippen LogP contribution in [0.15, 0.2) is 133 Å². The van der Waals surface area contributed by atoms with Crippen LogP contribution >= 0.6 is 6.89 Å². The van der Waals surface area contributed by atoms with Gasteiger partial charge >= 0.3 is 5.97 Å². The minimum absolute atomic E-state index is 0.245. The molecule has 1 aliphatic heterocycles. The molecule has 40 heavy (non-hydrogen) atoms. The van der Waals surface area contributed by atoms with Gasteiger partial charge < -0.3 is 9.64 Å². The second-order valence-corrected chi connectivity index (χ2v) is 12.9. The van der Waals surface area contributed by atoms with Crippen molar-refractivity contribution >= 4 is 51.3 Å². The van der Waals surface area contributed by atoms with Gasteiger partial charge in [0.05, 0.1) is 12.4 Å². The lowest BCUT2D eigenvalue weighted by Gasteiger charge is -2.32. The molecule has 5 nitrogen and oxygen atoms in total. The number of fused-ring (bicyclic) bond motifs is 1. The highest BCUT2D eigenvalue weighted by atomic mass is 31.2. The van der Waals surface area contributed by atoms with E-state index in [2.05, 4.69) is 36.4 Å². The van der Waals surface area contributed by atoms with Crippen LogP contribution in [0, 0.1) is 0 Å². The molecule has 0 atom stereocenters. The highest BCUT2D eigenvalue weighted by Crippen LogP contribution is 2.53. The van der Waals surface area contributed by atoms with Crippen LogP contribution in [0.3, 0.4) is 0 Å². The number of allylic oxidation sites excluding steroid dienone is 2. The lowest BCUT2D eigenvalue weighted by Crippen LogP contribution is -2.35. The molecule has 0 aromatic heterocycles. The summed E-state index contributed by atoms with van der Waals surface area (Å²) in [6.45, 7) is -2.89. The number of nitrogens with zero attached hydrogens (tertiary/aromatic N) is 1. The standard InChI is InChI=1S/C34H26NO4P/c1-35-31-30(28(22-29(36)39-2)26-20-12-13-21-27(26)32(31)37)33(34(35)38)40(23-14-6-3-7-15-23,24-16-8-4-9-17-24)25-18-10-5-11-19-25/h3-22H,1-2H3/b28-22-. The van der Waals surface area contributed by atoms with Gasteiger partial charge in [-0.15, -0.1) is 0 Å². The van der Waals surface area contributed by atoms with Crippen LogP contribution in [0.1, 0.15) is 15.9 Å². The maximum atomic E-state index is 14.6. The van der Waals surface area contributed by atoms with Crippen LogP contribution in [-0.2, 0) is 14.3 Å². The molecule has 0 saturated heterocycles. The zero-order chi connectivity index (χ0) is 27.9. The molecule has 6 heteroatoms. The van der Waals surface area contributed by atoms with Crippen molar-refractivity contribution in [2.75, 3.05) is 14.2 Å². The van der Waals surface area contributed by atoms with Crippen molar-refractivity contribution in [3.8, 4) is 0 Å². The van der Waals surface area contributed by atoms with E-state index in [-0.39, 0.29) is 17.4 Å². The first-order chi connectivity index (χ1) is 19.5. The molecule has 0 saturated carbocycles. The van der Waals surface area contributed by atoms with E-state index in [4.69, 9.17) is 4.74 Å². The summed E-state index contributed by atoms with van der Waals surface area (Å²) in [6, 6.07) is 37.2. The van der Waals surface area contributed by atoms with E-state index in [9.17, 15) is 14.4 Å². The van der Waals surface area contributed by atoms with Gasteiger partial charge in [-0.3, -0.25) is 9.59 Å². The number of rotatable bonds is 4. The average molecular weight is 544 g/mol. The predicted octanol–water partition coefficient (Wildman–Crippen LogP) is 4.33. The van der Waals surface area contributed by atoms with Gasteiger partial charge in [0.15, 0.2) is 0 Å². The summed E-state index contributed by atoms with van der Waals surface area (Å²) in [5, 5.41) is 3.44. The topological polar surface area (TPSA) is 63.7 Å². The summed E-state index contributed by atoms with van der Waals surface area (Å²) in [7, 11) is 2.96. The van der Waals surface area contributed by atoms with Crippen LogP contribution in [0.5, 0.6) is 0 Å². The van der Waals surface area contributed by atoms with Gasteiger partial charge in [-0.1, -0.05) is 115 Å². The largest absolute Gasteiger partial charge is 0.466 e.